The summed E-state index contributed by atoms with van der Waals surface area (Å²) in [7, 11) is 1.41. The van der Waals surface area contributed by atoms with E-state index in [9.17, 15) is 18.0 Å². The lowest BCUT2D eigenvalue weighted by Crippen LogP contribution is -2.42. The number of amides is 1. The zero-order valence-corrected chi connectivity index (χ0v) is 8.60. The number of rotatable bonds is 3. The number of likely N-dealkylation sites (N-methyl/N-ethyl adjacent to an activating group) is 1. The molecule has 0 spiro atoms. The second-order valence-corrected chi connectivity index (χ2v) is 3.77. The van der Waals surface area contributed by atoms with Crippen molar-refractivity contribution in [1.29, 1.82) is 0 Å². The molecule has 15 heavy (non-hydrogen) atoms. The number of alkyl halides is 3. The number of nitrogens with zero attached hydrogens (tertiary/aromatic N) is 1. The Morgan fingerprint density at radius 1 is 1.53 bits per heavy atom. The number of carbonyl (C=O) groups excluding carboxylic acids is 1. The molecule has 1 aliphatic rings. The Kier molecular flexibility index (Phi) is 3.96. The lowest BCUT2D eigenvalue weighted by atomic mass is 10.2. The summed E-state index contributed by atoms with van der Waals surface area (Å²) in [4.78, 5) is 12.7. The van der Waals surface area contributed by atoms with Gasteiger partial charge < -0.3 is 10.2 Å². The zero-order valence-electron chi connectivity index (χ0n) is 8.60. The lowest BCUT2D eigenvalue weighted by molar-refractivity contribution is -0.144. The van der Waals surface area contributed by atoms with Crippen LogP contribution in [0.1, 0.15) is 19.3 Å². The number of hydrogen-bond donors (Lipinski definition) is 1. The molecule has 1 atom stereocenters. The monoisotopic (exact) mass is 224 g/mol. The van der Waals surface area contributed by atoms with Crippen LogP contribution in [0.15, 0.2) is 0 Å². The first-order valence-corrected chi connectivity index (χ1v) is 4.95. The van der Waals surface area contributed by atoms with Crippen LogP contribution in [-0.4, -0.2) is 43.2 Å². The van der Waals surface area contributed by atoms with Crippen LogP contribution in [0.5, 0.6) is 0 Å². The second-order valence-electron chi connectivity index (χ2n) is 3.77. The second kappa shape index (κ2) is 4.83. The van der Waals surface area contributed by atoms with Gasteiger partial charge in [0.2, 0.25) is 5.91 Å². The largest absolute Gasteiger partial charge is 0.390 e. The molecule has 0 saturated carbocycles. The van der Waals surface area contributed by atoms with Crippen LogP contribution in [0.25, 0.3) is 0 Å². The van der Waals surface area contributed by atoms with Crippen LogP contribution in [-0.2, 0) is 4.79 Å². The first kappa shape index (κ1) is 12.3. The maximum absolute atomic E-state index is 11.9. The number of nitrogens with one attached hydrogen (secondary N) is 1. The Morgan fingerprint density at radius 2 is 2.20 bits per heavy atom. The van der Waals surface area contributed by atoms with Gasteiger partial charge in [0.1, 0.15) is 0 Å². The van der Waals surface area contributed by atoms with Crippen molar-refractivity contribution >= 4 is 5.91 Å². The van der Waals surface area contributed by atoms with Crippen molar-refractivity contribution in [2.75, 3.05) is 20.1 Å². The molecule has 0 aromatic carbocycles. The molecule has 3 nitrogen and oxygen atoms in total. The summed E-state index contributed by atoms with van der Waals surface area (Å²) in [6.45, 7) is 0.504. The molecule has 6 heteroatoms. The van der Waals surface area contributed by atoms with Crippen LogP contribution in [0.2, 0.25) is 0 Å². The van der Waals surface area contributed by atoms with E-state index in [1.54, 1.807) is 0 Å². The minimum atomic E-state index is -4.20. The van der Waals surface area contributed by atoms with Crippen LogP contribution in [0.4, 0.5) is 13.2 Å². The summed E-state index contributed by atoms with van der Waals surface area (Å²) in [6.07, 6.45) is -3.52. The van der Waals surface area contributed by atoms with Gasteiger partial charge in [-0.15, -0.1) is 0 Å². The maximum atomic E-state index is 11.9. The normalized spacial score (nSPS) is 21.7. The Hall–Kier alpha value is -0.780. The van der Waals surface area contributed by atoms with Crippen molar-refractivity contribution in [3.63, 3.8) is 0 Å². The van der Waals surface area contributed by atoms with Gasteiger partial charge in [0, 0.05) is 13.6 Å². The third kappa shape index (κ3) is 4.07. The van der Waals surface area contributed by atoms with E-state index in [1.807, 2.05) is 0 Å². The van der Waals surface area contributed by atoms with Crippen LogP contribution >= 0.6 is 0 Å². The van der Waals surface area contributed by atoms with Gasteiger partial charge in [-0.1, -0.05) is 0 Å². The molecule has 1 aliphatic heterocycles. The topological polar surface area (TPSA) is 32.3 Å². The van der Waals surface area contributed by atoms with Crippen molar-refractivity contribution in [2.45, 2.75) is 31.5 Å². The van der Waals surface area contributed by atoms with Crippen LogP contribution in [0, 0.1) is 0 Å². The molecule has 1 heterocycles. The fourth-order valence-electron chi connectivity index (χ4n) is 1.57. The summed E-state index contributed by atoms with van der Waals surface area (Å²) >= 11 is 0. The molecule has 1 saturated heterocycles. The summed E-state index contributed by atoms with van der Waals surface area (Å²) in [5.74, 6) is -0.239. The highest BCUT2D eigenvalue weighted by Gasteiger charge is 2.30. The summed E-state index contributed by atoms with van der Waals surface area (Å²) < 4.78 is 35.7. The Labute approximate surface area is 86.6 Å². The molecular formula is C9H15F3N2O. The summed E-state index contributed by atoms with van der Waals surface area (Å²) in [5.41, 5.74) is 0. The molecule has 1 rings (SSSR count). The predicted molar refractivity (Wildman–Crippen MR) is 49.3 cm³/mol. The average molecular weight is 224 g/mol. The highest BCUT2D eigenvalue weighted by molar-refractivity contribution is 5.81. The first-order valence-electron chi connectivity index (χ1n) is 4.95. The van der Waals surface area contributed by atoms with Crippen LogP contribution < -0.4 is 5.32 Å². The molecule has 1 amide bonds. The first-order chi connectivity index (χ1) is 6.90. The average Bonchev–Trinajstić information content (AvgIpc) is 2.64. The van der Waals surface area contributed by atoms with E-state index in [-0.39, 0.29) is 18.5 Å². The summed E-state index contributed by atoms with van der Waals surface area (Å²) in [6, 6.07) is -0.289. The van der Waals surface area contributed by atoms with Crippen molar-refractivity contribution in [2.24, 2.45) is 0 Å². The Bertz CT molecular complexity index is 224. The van der Waals surface area contributed by atoms with E-state index in [0.717, 1.165) is 24.3 Å². The quantitative estimate of drug-likeness (QED) is 0.780. The Balaban J connectivity index is 2.32. The molecule has 0 aromatic heterocycles. The Morgan fingerprint density at radius 3 is 2.67 bits per heavy atom. The molecule has 0 radical (unpaired) electrons. The van der Waals surface area contributed by atoms with Gasteiger partial charge in [-0.3, -0.25) is 4.79 Å². The highest BCUT2D eigenvalue weighted by atomic mass is 19.4. The summed E-state index contributed by atoms with van der Waals surface area (Å²) in [5, 5.41) is 2.96. The van der Waals surface area contributed by atoms with Gasteiger partial charge in [-0.05, 0) is 19.4 Å². The van der Waals surface area contributed by atoms with Gasteiger partial charge >= 0.3 is 6.18 Å². The maximum Gasteiger partial charge on any atom is 0.390 e. The molecule has 0 unspecified atom stereocenters. The van der Waals surface area contributed by atoms with Crippen LogP contribution in [0.3, 0.4) is 0 Å². The third-order valence-electron chi connectivity index (χ3n) is 2.47. The van der Waals surface area contributed by atoms with Gasteiger partial charge in [-0.25, -0.2) is 0 Å². The van der Waals surface area contributed by atoms with Crippen molar-refractivity contribution in [3.05, 3.63) is 0 Å². The standard InChI is InChI=1S/C9H15F3N2O/c1-14(6-4-9(10,11)12)8(15)7-3-2-5-13-7/h7,13H,2-6H2,1H3/t7-/m1/s1. The van der Waals surface area contributed by atoms with Gasteiger partial charge in [0.05, 0.1) is 12.5 Å². The zero-order chi connectivity index (χ0) is 11.5. The van der Waals surface area contributed by atoms with E-state index < -0.39 is 12.6 Å². The number of hydrogen-bond acceptors (Lipinski definition) is 2. The molecule has 1 fully saturated rings. The lowest BCUT2D eigenvalue weighted by Gasteiger charge is -2.21. The third-order valence-corrected chi connectivity index (χ3v) is 2.47. The van der Waals surface area contributed by atoms with E-state index in [4.69, 9.17) is 0 Å². The van der Waals surface area contributed by atoms with E-state index in [1.165, 1.54) is 7.05 Å². The number of halogens is 3. The SMILES string of the molecule is CN(CCC(F)(F)F)C(=O)[C@H]1CCCN1. The molecule has 0 aliphatic carbocycles. The van der Waals surface area contributed by atoms with E-state index in [0.29, 0.717) is 0 Å². The van der Waals surface area contributed by atoms with Gasteiger partial charge in [0.25, 0.3) is 0 Å². The predicted octanol–water partition coefficient (Wildman–Crippen LogP) is 1.15. The van der Waals surface area contributed by atoms with E-state index >= 15 is 0 Å². The van der Waals surface area contributed by atoms with Crippen molar-refractivity contribution in [3.8, 4) is 0 Å². The smallest absolute Gasteiger partial charge is 0.344 e. The number of carbonyl (C=O) groups is 1. The fourth-order valence-corrected chi connectivity index (χ4v) is 1.57. The minimum Gasteiger partial charge on any atom is -0.344 e. The molecule has 1 N–H and O–H groups in total. The van der Waals surface area contributed by atoms with Gasteiger partial charge in [0.15, 0.2) is 0 Å². The minimum absolute atomic E-state index is 0.239. The molecule has 0 aromatic rings. The molecule has 88 valence electrons. The molecular weight excluding hydrogens is 209 g/mol. The highest BCUT2D eigenvalue weighted by Crippen LogP contribution is 2.19. The van der Waals surface area contributed by atoms with Gasteiger partial charge in [-0.2, -0.15) is 13.2 Å². The van der Waals surface area contributed by atoms with E-state index in [2.05, 4.69) is 5.32 Å². The van der Waals surface area contributed by atoms with Crippen molar-refractivity contribution in [1.82, 2.24) is 10.2 Å². The molecule has 0 bridgehead atoms. The fraction of sp³-hybridized carbons (Fsp3) is 0.889. The van der Waals surface area contributed by atoms with Crippen molar-refractivity contribution < 1.29 is 18.0 Å².